The van der Waals surface area contributed by atoms with Crippen LogP contribution in [0.4, 0.5) is 0 Å². The minimum absolute atomic E-state index is 0.224. The number of hydrogen-bond donors (Lipinski definition) is 1. The van der Waals surface area contributed by atoms with E-state index in [9.17, 15) is 0 Å². The first-order valence-corrected chi connectivity index (χ1v) is 5.23. The summed E-state index contributed by atoms with van der Waals surface area (Å²) < 4.78 is 5.79. The van der Waals surface area contributed by atoms with E-state index in [1.165, 1.54) is 10.9 Å². The fraction of sp³-hybridized carbons (Fsp3) is 0.385. The minimum atomic E-state index is -0.224. The second-order valence-corrected chi connectivity index (χ2v) is 4.81. The number of benzene rings is 1. The molecule has 0 bridgehead atoms. The molecule has 2 N–H and O–H groups in total. The van der Waals surface area contributed by atoms with E-state index in [0.29, 0.717) is 0 Å². The molecule has 2 rings (SSSR count). The quantitative estimate of drug-likeness (QED) is 0.814. The summed E-state index contributed by atoms with van der Waals surface area (Å²) in [5.41, 5.74) is 7.94. The summed E-state index contributed by atoms with van der Waals surface area (Å²) in [6.45, 7) is 6.12. The van der Waals surface area contributed by atoms with Crippen LogP contribution in [0.25, 0.3) is 11.0 Å². The summed E-state index contributed by atoms with van der Waals surface area (Å²) in [6, 6.07) is 8.10. The molecule has 15 heavy (non-hydrogen) atoms. The van der Waals surface area contributed by atoms with Crippen molar-refractivity contribution in [2.45, 2.75) is 32.7 Å². The third-order valence-electron chi connectivity index (χ3n) is 2.56. The first-order chi connectivity index (χ1) is 6.97. The van der Waals surface area contributed by atoms with Gasteiger partial charge >= 0.3 is 0 Å². The monoisotopic (exact) mass is 203 g/mol. The fourth-order valence-corrected chi connectivity index (χ4v) is 1.81. The molecule has 0 aliphatic rings. The number of aryl methyl sites for hydroxylation is 1. The molecule has 0 unspecified atom stereocenters. The largest absolute Gasteiger partial charge is 0.461 e. The molecule has 2 aromatic rings. The zero-order valence-electron chi connectivity index (χ0n) is 9.50. The van der Waals surface area contributed by atoms with Gasteiger partial charge in [-0.2, -0.15) is 0 Å². The van der Waals surface area contributed by atoms with Crippen molar-refractivity contribution >= 4 is 11.0 Å². The molecule has 0 saturated carbocycles. The van der Waals surface area contributed by atoms with E-state index < -0.39 is 0 Å². The van der Waals surface area contributed by atoms with Gasteiger partial charge in [-0.05, 0) is 32.4 Å². The van der Waals surface area contributed by atoms with Crippen LogP contribution in [0.15, 0.2) is 28.7 Å². The molecule has 0 atom stereocenters. The van der Waals surface area contributed by atoms with Crippen molar-refractivity contribution in [3.8, 4) is 0 Å². The molecular formula is C13H17NO. The van der Waals surface area contributed by atoms with E-state index in [1.807, 2.05) is 32.0 Å². The van der Waals surface area contributed by atoms with E-state index in [-0.39, 0.29) is 5.54 Å². The Bertz CT molecular complexity index is 477. The van der Waals surface area contributed by atoms with Gasteiger partial charge < -0.3 is 10.2 Å². The molecular weight excluding hydrogens is 186 g/mol. The molecule has 2 nitrogen and oxygen atoms in total. The van der Waals surface area contributed by atoms with Crippen LogP contribution < -0.4 is 5.73 Å². The Hall–Kier alpha value is -1.28. The zero-order valence-corrected chi connectivity index (χ0v) is 9.50. The van der Waals surface area contributed by atoms with Crippen LogP contribution in [0.5, 0.6) is 0 Å². The van der Waals surface area contributed by atoms with E-state index >= 15 is 0 Å². The first-order valence-electron chi connectivity index (χ1n) is 5.23. The van der Waals surface area contributed by atoms with Crippen LogP contribution in [-0.2, 0) is 6.42 Å². The maximum Gasteiger partial charge on any atom is 0.134 e. The highest BCUT2D eigenvalue weighted by molar-refractivity contribution is 5.81. The van der Waals surface area contributed by atoms with Crippen LogP contribution in [-0.4, -0.2) is 5.54 Å². The Morgan fingerprint density at radius 2 is 1.93 bits per heavy atom. The van der Waals surface area contributed by atoms with Gasteiger partial charge in [-0.15, -0.1) is 0 Å². The van der Waals surface area contributed by atoms with Gasteiger partial charge in [-0.1, -0.05) is 18.2 Å². The van der Waals surface area contributed by atoms with Gasteiger partial charge in [0, 0.05) is 17.3 Å². The van der Waals surface area contributed by atoms with Crippen molar-refractivity contribution < 1.29 is 4.42 Å². The summed E-state index contributed by atoms with van der Waals surface area (Å²) in [6.07, 6.45) is 0.771. The summed E-state index contributed by atoms with van der Waals surface area (Å²) in [4.78, 5) is 0. The number of rotatable bonds is 2. The van der Waals surface area contributed by atoms with Crippen LogP contribution in [0.2, 0.25) is 0 Å². The average molecular weight is 203 g/mol. The molecule has 0 radical (unpaired) electrons. The Morgan fingerprint density at radius 3 is 2.53 bits per heavy atom. The molecule has 2 heteroatoms. The highest BCUT2D eigenvalue weighted by Gasteiger charge is 2.17. The highest BCUT2D eigenvalue weighted by Crippen LogP contribution is 2.26. The Morgan fingerprint density at radius 1 is 1.27 bits per heavy atom. The molecule has 0 amide bonds. The molecule has 1 aromatic carbocycles. The minimum Gasteiger partial charge on any atom is -0.461 e. The smallest absolute Gasteiger partial charge is 0.134 e. The number of furan rings is 1. The highest BCUT2D eigenvalue weighted by atomic mass is 16.3. The van der Waals surface area contributed by atoms with Crippen LogP contribution in [0.1, 0.15) is 25.2 Å². The van der Waals surface area contributed by atoms with Crippen molar-refractivity contribution in [3.05, 3.63) is 35.6 Å². The molecule has 0 fully saturated rings. The molecule has 80 valence electrons. The lowest BCUT2D eigenvalue weighted by Gasteiger charge is -2.16. The standard InChI is InChI=1S/C13H17NO/c1-9-10-6-4-5-7-11(10)15-12(9)8-13(2,3)14/h4-7H,8,14H2,1-3H3. The summed E-state index contributed by atoms with van der Waals surface area (Å²) in [5, 5.41) is 1.19. The second-order valence-electron chi connectivity index (χ2n) is 4.81. The van der Waals surface area contributed by atoms with Crippen LogP contribution in [0, 0.1) is 6.92 Å². The lowest BCUT2D eigenvalue weighted by Crippen LogP contribution is -2.34. The van der Waals surface area contributed by atoms with Crippen LogP contribution >= 0.6 is 0 Å². The van der Waals surface area contributed by atoms with E-state index in [4.69, 9.17) is 10.2 Å². The topological polar surface area (TPSA) is 39.2 Å². The SMILES string of the molecule is Cc1c(CC(C)(C)N)oc2ccccc12. The van der Waals surface area contributed by atoms with Gasteiger partial charge in [0.15, 0.2) is 0 Å². The van der Waals surface area contributed by atoms with E-state index in [1.54, 1.807) is 0 Å². The number of nitrogens with two attached hydrogens (primary N) is 1. The Balaban J connectivity index is 2.49. The van der Waals surface area contributed by atoms with Gasteiger partial charge in [0.25, 0.3) is 0 Å². The third-order valence-corrected chi connectivity index (χ3v) is 2.56. The molecule has 0 aliphatic carbocycles. The number of hydrogen-bond acceptors (Lipinski definition) is 2. The zero-order chi connectivity index (χ0) is 11.1. The predicted octanol–water partition coefficient (Wildman–Crippen LogP) is 3.02. The maximum absolute atomic E-state index is 6.00. The average Bonchev–Trinajstić information content (AvgIpc) is 2.42. The van der Waals surface area contributed by atoms with E-state index in [2.05, 4.69) is 13.0 Å². The van der Waals surface area contributed by atoms with Gasteiger partial charge in [-0.25, -0.2) is 0 Å². The van der Waals surface area contributed by atoms with Gasteiger partial charge in [0.1, 0.15) is 11.3 Å². The molecule has 1 aromatic heterocycles. The second kappa shape index (κ2) is 3.38. The lowest BCUT2D eigenvalue weighted by atomic mass is 9.98. The van der Waals surface area contributed by atoms with Crippen LogP contribution in [0.3, 0.4) is 0 Å². The summed E-state index contributed by atoms with van der Waals surface area (Å²) in [7, 11) is 0. The molecule has 0 aliphatic heterocycles. The van der Waals surface area contributed by atoms with Crippen molar-refractivity contribution in [3.63, 3.8) is 0 Å². The van der Waals surface area contributed by atoms with Crippen molar-refractivity contribution in [2.75, 3.05) is 0 Å². The van der Waals surface area contributed by atoms with Gasteiger partial charge in [0.05, 0.1) is 0 Å². The normalized spacial score (nSPS) is 12.3. The van der Waals surface area contributed by atoms with Crippen molar-refractivity contribution in [1.82, 2.24) is 0 Å². The Labute approximate surface area is 90.1 Å². The van der Waals surface area contributed by atoms with Gasteiger partial charge in [0.2, 0.25) is 0 Å². The number of fused-ring (bicyclic) bond motifs is 1. The first kappa shape index (κ1) is 10.2. The van der Waals surface area contributed by atoms with Gasteiger partial charge in [-0.3, -0.25) is 0 Å². The number of para-hydroxylation sites is 1. The molecule has 1 heterocycles. The van der Waals surface area contributed by atoms with E-state index in [0.717, 1.165) is 17.8 Å². The maximum atomic E-state index is 6.00. The van der Waals surface area contributed by atoms with Crippen molar-refractivity contribution in [2.24, 2.45) is 5.73 Å². The third kappa shape index (κ3) is 2.05. The molecule has 0 spiro atoms. The summed E-state index contributed by atoms with van der Waals surface area (Å²) >= 11 is 0. The summed E-state index contributed by atoms with van der Waals surface area (Å²) in [5.74, 6) is 1.00. The fourth-order valence-electron chi connectivity index (χ4n) is 1.81. The Kier molecular flexibility index (Phi) is 2.31. The lowest BCUT2D eigenvalue weighted by molar-refractivity contribution is 0.444. The predicted molar refractivity (Wildman–Crippen MR) is 62.9 cm³/mol. The van der Waals surface area contributed by atoms with Crippen molar-refractivity contribution in [1.29, 1.82) is 0 Å². The molecule has 0 saturated heterocycles.